The summed E-state index contributed by atoms with van der Waals surface area (Å²) in [6, 6.07) is 12.5. The lowest BCUT2D eigenvalue weighted by atomic mass is 9.98. The van der Waals surface area contributed by atoms with Gasteiger partial charge < -0.3 is 15.0 Å². The molecule has 0 aliphatic carbocycles. The van der Waals surface area contributed by atoms with Gasteiger partial charge in [0.25, 0.3) is 0 Å². The molecule has 1 saturated heterocycles. The zero-order chi connectivity index (χ0) is 20.1. The number of guanidine groups is 1. The van der Waals surface area contributed by atoms with Gasteiger partial charge >= 0.3 is 0 Å². The molecule has 30 heavy (non-hydrogen) atoms. The van der Waals surface area contributed by atoms with Crippen molar-refractivity contribution in [3.05, 3.63) is 72.4 Å². The molecule has 7 nitrogen and oxygen atoms in total. The Morgan fingerprint density at radius 2 is 2.07 bits per heavy atom. The summed E-state index contributed by atoms with van der Waals surface area (Å²) >= 11 is 0. The number of imidazole rings is 1. The third-order valence-electron chi connectivity index (χ3n) is 5.32. The molecule has 8 heteroatoms. The fraction of sp³-hybridized carbons (Fsp3) is 0.318. The van der Waals surface area contributed by atoms with E-state index in [1.807, 2.05) is 42.2 Å². The molecular formula is C22H27IN6O. The van der Waals surface area contributed by atoms with E-state index in [0.29, 0.717) is 12.5 Å². The van der Waals surface area contributed by atoms with Crippen LogP contribution in [-0.4, -0.2) is 52.6 Å². The Labute approximate surface area is 194 Å². The summed E-state index contributed by atoms with van der Waals surface area (Å²) in [5.41, 5.74) is 2.50. The summed E-state index contributed by atoms with van der Waals surface area (Å²) in [5.74, 6) is 3.20. The average molecular weight is 518 g/mol. The van der Waals surface area contributed by atoms with Crippen molar-refractivity contribution >= 4 is 29.9 Å². The van der Waals surface area contributed by atoms with Crippen LogP contribution in [0.25, 0.3) is 5.82 Å². The van der Waals surface area contributed by atoms with Crippen LogP contribution in [0, 0.1) is 0 Å². The van der Waals surface area contributed by atoms with Crippen molar-refractivity contribution in [1.29, 1.82) is 0 Å². The molecule has 1 aromatic carbocycles. The van der Waals surface area contributed by atoms with Crippen LogP contribution in [0.5, 0.6) is 5.75 Å². The number of benzene rings is 1. The van der Waals surface area contributed by atoms with Crippen LogP contribution in [0.1, 0.15) is 23.5 Å². The van der Waals surface area contributed by atoms with E-state index in [9.17, 15) is 0 Å². The average Bonchev–Trinajstić information content (AvgIpc) is 3.47. The minimum atomic E-state index is 0. The maximum absolute atomic E-state index is 5.27. The second-order valence-electron chi connectivity index (χ2n) is 7.10. The summed E-state index contributed by atoms with van der Waals surface area (Å²) < 4.78 is 7.17. The Morgan fingerprint density at radius 1 is 1.23 bits per heavy atom. The van der Waals surface area contributed by atoms with Crippen molar-refractivity contribution in [2.24, 2.45) is 4.99 Å². The maximum atomic E-state index is 5.27. The number of aliphatic imine (C=N–C) groups is 1. The van der Waals surface area contributed by atoms with Gasteiger partial charge in [0, 0.05) is 51.2 Å². The Balaban J connectivity index is 0.00000256. The van der Waals surface area contributed by atoms with Gasteiger partial charge in [-0.15, -0.1) is 24.0 Å². The van der Waals surface area contributed by atoms with Gasteiger partial charge in [-0.1, -0.05) is 12.1 Å². The first-order valence-corrected chi connectivity index (χ1v) is 9.79. The molecule has 1 unspecified atom stereocenters. The molecule has 0 radical (unpaired) electrons. The molecule has 3 aromatic rings. The minimum Gasteiger partial charge on any atom is -0.497 e. The molecule has 1 N–H and O–H groups in total. The molecule has 0 spiro atoms. The van der Waals surface area contributed by atoms with Crippen molar-refractivity contribution in [1.82, 2.24) is 24.8 Å². The van der Waals surface area contributed by atoms with Crippen LogP contribution in [-0.2, 0) is 6.54 Å². The Kier molecular flexibility index (Phi) is 7.67. The van der Waals surface area contributed by atoms with Crippen LogP contribution in [0.2, 0.25) is 0 Å². The van der Waals surface area contributed by atoms with Crippen LogP contribution >= 0.6 is 24.0 Å². The monoisotopic (exact) mass is 518 g/mol. The number of methoxy groups -OCH3 is 1. The Hall–Kier alpha value is -2.62. The van der Waals surface area contributed by atoms with E-state index in [0.717, 1.165) is 42.6 Å². The van der Waals surface area contributed by atoms with Gasteiger partial charge in [-0.2, -0.15) is 0 Å². The van der Waals surface area contributed by atoms with E-state index in [1.54, 1.807) is 19.6 Å². The van der Waals surface area contributed by atoms with E-state index in [-0.39, 0.29) is 24.0 Å². The van der Waals surface area contributed by atoms with Crippen LogP contribution in [0.3, 0.4) is 0 Å². The highest BCUT2D eigenvalue weighted by Crippen LogP contribution is 2.28. The third-order valence-corrected chi connectivity index (χ3v) is 5.32. The predicted octanol–water partition coefficient (Wildman–Crippen LogP) is 3.46. The summed E-state index contributed by atoms with van der Waals surface area (Å²) in [4.78, 5) is 15.3. The number of hydrogen-bond donors (Lipinski definition) is 1. The molecule has 1 aliphatic heterocycles. The Bertz CT molecular complexity index is 958. The first kappa shape index (κ1) is 22.1. The molecule has 4 rings (SSSR count). The number of nitrogens with one attached hydrogen (secondary N) is 1. The van der Waals surface area contributed by atoms with E-state index in [4.69, 9.17) is 4.74 Å². The van der Waals surface area contributed by atoms with Crippen molar-refractivity contribution in [3.8, 4) is 11.6 Å². The van der Waals surface area contributed by atoms with Crippen molar-refractivity contribution in [2.75, 3.05) is 27.2 Å². The molecular weight excluding hydrogens is 491 g/mol. The number of aromatic nitrogens is 3. The lowest BCUT2D eigenvalue weighted by Crippen LogP contribution is -2.39. The van der Waals surface area contributed by atoms with Gasteiger partial charge in [-0.3, -0.25) is 9.56 Å². The summed E-state index contributed by atoms with van der Waals surface area (Å²) in [6.45, 7) is 2.65. The van der Waals surface area contributed by atoms with Gasteiger partial charge in [0.2, 0.25) is 0 Å². The number of rotatable bonds is 5. The smallest absolute Gasteiger partial charge is 0.193 e. The number of likely N-dealkylation sites (tertiary alicyclic amines) is 1. The van der Waals surface area contributed by atoms with Crippen LogP contribution in [0.15, 0.2) is 66.3 Å². The number of halogens is 1. The van der Waals surface area contributed by atoms with E-state index in [2.05, 4.69) is 43.4 Å². The normalized spacial score (nSPS) is 16.3. The van der Waals surface area contributed by atoms with Gasteiger partial charge in [0.05, 0.1) is 7.11 Å². The Morgan fingerprint density at radius 3 is 2.77 bits per heavy atom. The van der Waals surface area contributed by atoms with Crippen LogP contribution in [0.4, 0.5) is 0 Å². The highest BCUT2D eigenvalue weighted by molar-refractivity contribution is 14.0. The molecule has 2 aromatic heterocycles. The second-order valence-corrected chi connectivity index (χ2v) is 7.10. The van der Waals surface area contributed by atoms with Gasteiger partial charge in [0.15, 0.2) is 5.96 Å². The lowest BCUT2D eigenvalue weighted by Gasteiger charge is -2.22. The van der Waals surface area contributed by atoms with Crippen molar-refractivity contribution < 1.29 is 4.74 Å². The first-order valence-electron chi connectivity index (χ1n) is 9.79. The summed E-state index contributed by atoms with van der Waals surface area (Å²) in [6.07, 6.45) is 8.34. The van der Waals surface area contributed by atoms with E-state index >= 15 is 0 Å². The quantitative estimate of drug-likeness (QED) is 0.319. The van der Waals surface area contributed by atoms with Gasteiger partial charge in [-0.25, -0.2) is 9.97 Å². The third kappa shape index (κ3) is 5.10. The number of nitrogens with zero attached hydrogens (tertiary/aromatic N) is 5. The zero-order valence-electron chi connectivity index (χ0n) is 17.2. The minimum absolute atomic E-state index is 0. The van der Waals surface area contributed by atoms with Crippen molar-refractivity contribution in [3.63, 3.8) is 0 Å². The molecule has 3 heterocycles. The summed E-state index contributed by atoms with van der Waals surface area (Å²) in [7, 11) is 3.54. The van der Waals surface area contributed by atoms with E-state index < -0.39 is 0 Å². The second kappa shape index (κ2) is 10.4. The van der Waals surface area contributed by atoms with Gasteiger partial charge in [-0.05, 0) is 41.8 Å². The first-order chi connectivity index (χ1) is 14.3. The number of ether oxygens (including phenoxy) is 1. The topological polar surface area (TPSA) is 67.6 Å². The van der Waals surface area contributed by atoms with Gasteiger partial charge in [0.1, 0.15) is 17.9 Å². The standard InChI is InChI=1S/C22H26N6O.HI/c1-23-22(26-14-17-7-9-25-21(13-17)28-12-10-24-16-28)27-11-8-19(15-27)18-3-5-20(29-2)6-4-18;/h3-7,9-10,12-13,16,19H,8,11,14-15H2,1-2H3,(H,23,26);1H. The van der Waals surface area contributed by atoms with Crippen LogP contribution < -0.4 is 10.1 Å². The fourth-order valence-electron chi connectivity index (χ4n) is 3.72. The predicted molar refractivity (Wildman–Crippen MR) is 129 cm³/mol. The zero-order valence-corrected chi connectivity index (χ0v) is 19.6. The SMILES string of the molecule is CN=C(NCc1ccnc(-n2ccnc2)c1)N1CCC(c2ccc(OC)cc2)C1.I. The van der Waals surface area contributed by atoms with E-state index in [1.165, 1.54) is 5.56 Å². The maximum Gasteiger partial charge on any atom is 0.193 e. The molecule has 1 atom stereocenters. The molecule has 158 valence electrons. The summed E-state index contributed by atoms with van der Waals surface area (Å²) in [5, 5.41) is 3.49. The molecule has 1 fully saturated rings. The van der Waals surface area contributed by atoms with Crippen molar-refractivity contribution in [2.45, 2.75) is 18.9 Å². The lowest BCUT2D eigenvalue weighted by molar-refractivity contribution is 0.414. The fourth-order valence-corrected chi connectivity index (χ4v) is 3.72. The molecule has 1 aliphatic rings. The molecule has 0 bridgehead atoms. The number of hydrogen-bond acceptors (Lipinski definition) is 4. The number of pyridine rings is 1. The highest BCUT2D eigenvalue weighted by Gasteiger charge is 2.26. The highest BCUT2D eigenvalue weighted by atomic mass is 127. The molecule has 0 amide bonds. The molecule has 0 saturated carbocycles. The largest absolute Gasteiger partial charge is 0.497 e.